The van der Waals surface area contributed by atoms with Crippen molar-refractivity contribution >= 4 is 17.4 Å². The molecule has 7 heteroatoms. The highest BCUT2D eigenvalue weighted by molar-refractivity contribution is 7.10. The van der Waals surface area contributed by atoms with Gasteiger partial charge >= 0.3 is 6.03 Å². The van der Waals surface area contributed by atoms with Crippen molar-refractivity contribution in [1.29, 1.82) is 0 Å². The van der Waals surface area contributed by atoms with Crippen LogP contribution in [0.3, 0.4) is 0 Å². The molecule has 152 valence electrons. The van der Waals surface area contributed by atoms with Crippen LogP contribution in [0.4, 0.5) is 9.18 Å². The SMILES string of the molecule is Cc1ccc(C(C)(C)N2CCC(CCc3ccc(F)s3)(CNC(N)=O)C2)cn1. The van der Waals surface area contributed by atoms with E-state index in [0.29, 0.717) is 6.54 Å². The molecule has 2 amide bonds. The maximum absolute atomic E-state index is 13.3. The minimum atomic E-state index is -0.498. The van der Waals surface area contributed by atoms with Crippen molar-refractivity contribution in [3.63, 3.8) is 0 Å². The van der Waals surface area contributed by atoms with E-state index < -0.39 is 6.03 Å². The first-order chi connectivity index (χ1) is 13.2. The van der Waals surface area contributed by atoms with Crippen LogP contribution in [-0.4, -0.2) is 35.5 Å². The van der Waals surface area contributed by atoms with Gasteiger partial charge < -0.3 is 11.1 Å². The van der Waals surface area contributed by atoms with Gasteiger partial charge in [0.05, 0.1) is 0 Å². The third kappa shape index (κ3) is 4.70. The Morgan fingerprint density at radius 3 is 2.79 bits per heavy atom. The van der Waals surface area contributed by atoms with Crippen LogP contribution in [0.5, 0.6) is 0 Å². The van der Waals surface area contributed by atoms with Crippen molar-refractivity contribution in [3.8, 4) is 0 Å². The highest BCUT2D eigenvalue weighted by Gasteiger charge is 2.43. The van der Waals surface area contributed by atoms with E-state index in [4.69, 9.17) is 5.73 Å². The zero-order valence-electron chi connectivity index (χ0n) is 16.8. The topological polar surface area (TPSA) is 71.2 Å². The number of carbonyl (C=O) groups excluding carboxylic acids is 1. The smallest absolute Gasteiger partial charge is 0.312 e. The number of nitrogens with one attached hydrogen (secondary N) is 1. The summed E-state index contributed by atoms with van der Waals surface area (Å²) in [6, 6.07) is 7.05. The number of aromatic nitrogens is 1. The zero-order chi connectivity index (χ0) is 20.4. The molecule has 2 aromatic heterocycles. The number of rotatable bonds is 7. The molecule has 0 aromatic carbocycles. The first kappa shape index (κ1) is 20.7. The number of carbonyl (C=O) groups is 1. The summed E-state index contributed by atoms with van der Waals surface area (Å²) in [4.78, 5) is 19.3. The Hall–Kier alpha value is -1.99. The quantitative estimate of drug-likeness (QED) is 0.737. The summed E-state index contributed by atoms with van der Waals surface area (Å²) in [6.45, 7) is 8.73. The number of nitrogens with zero attached hydrogens (tertiary/aromatic N) is 2. The Morgan fingerprint density at radius 2 is 2.18 bits per heavy atom. The molecule has 0 saturated carbocycles. The highest BCUT2D eigenvalue weighted by atomic mass is 32.1. The molecule has 2 aromatic rings. The number of halogens is 1. The standard InChI is InChI=1S/C21H29FN4OS/c1-15-4-5-16(12-24-15)20(2,3)26-11-10-21(14-26,13-25-19(23)27)9-8-17-6-7-18(22)28-17/h4-7,12H,8-11,13-14H2,1-3H3,(H3,23,25,27). The molecule has 1 atom stereocenters. The predicted octanol–water partition coefficient (Wildman–Crippen LogP) is 3.82. The van der Waals surface area contributed by atoms with Gasteiger partial charge in [-0.2, -0.15) is 4.39 Å². The Balaban J connectivity index is 1.75. The van der Waals surface area contributed by atoms with E-state index in [0.717, 1.165) is 42.9 Å². The Labute approximate surface area is 170 Å². The van der Waals surface area contributed by atoms with Gasteiger partial charge in [-0.05, 0) is 70.3 Å². The zero-order valence-corrected chi connectivity index (χ0v) is 17.6. The summed E-state index contributed by atoms with van der Waals surface area (Å²) in [6.07, 6.45) is 4.59. The summed E-state index contributed by atoms with van der Waals surface area (Å²) in [7, 11) is 0. The summed E-state index contributed by atoms with van der Waals surface area (Å²) in [5.74, 6) is 0. The van der Waals surface area contributed by atoms with Crippen LogP contribution in [-0.2, 0) is 12.0 Å². The number of urea groups is 1. The van der Waals surface area contributed by atoms with E-state index in [9.17, 15) is 9.18 Å². The summed E-state index contributed by atoms with van der Waals surface area (Å²) in [5.41, 5.74) is 7.29. The minimum absolute atomic E-state index is 0.0785. The second-order valence-corrected chi connectivity index (χ2v) is 9.46. The Morgan fingerprint density at radius 1 is 1.39 bits per heavy atom. The molecule has 1 fully saturated rings. The van der Waals surface area contributed by atoms with Gasteiger partial charge in [-0.15, -0.1) is 11.3 Å². The first-order valence-corrected chi connectivity index (χ1v) is 10.5. The number of hydrogen-bond acceptors (Lipinski definition) is 4. The van der Waals surface area contributed by atoms with Gasteiger partial charge in [-0.25, -0.2) is 4.79 Å². The number of primary amides is 1. The average molecular weight is 405 g/mol. The van der Waals surface area contributed by atoms with Crippen LogP contribution >= 0.6 is 11.3 Å². The van der Waals surface area contributed by atoms with E-state index >= 15 is 0 Å². The molecule has 1 unspecified atom stereocenters. The van der Waals surface area contributed by atoms with Crippen molar-refractivity contribution in [1.82, 2.24) is 15.2 Å². The molecule has 1 saturated heterocycles. The molecule has 0 bridgehead atoms. The number of aryl methyl sites for hydroxylation is 2. The lowest BCUT2D eigenvalue weighted by Gasteiger charge is -2.38. The molecule has 3 N–H and O–H groups in total. The molecule has 1 aliphatic heterocycles. The van der Waals surface area contributed by atoms with Gasteiger partial charge in [-0.3, -0.25) is 9.88 Å². The Bertz CT molecular complexity index is 820. The monoisotopic (exact) mass is 404 g/mol. The fraction of sp³-hybridized carbons (Fsp3) is 0.524. The number of likely N-dealkylation sites (tertiary alicyclic amines) is 1. The number of thiophene rings is 1. The number of amides is 2. The van der Waals surface area contributed by atoms with Gasteiger partial charge in [-0.1, -0.05) is 6.07 Å². The molecule has 0 aliphatic carbocycles. The van der Waals surface area contributed by atoms with Crippen LogP contribution < -0.4 is 11.1 Å². The molecule has 1 aliphatic rings. The van der Waals surface area contributed by atoms with Crippen LogP contribution in [0.1, 0.15) is 42.8 Å². The molecule has 0 spiro atoms. The molecular weight excluding hydrogens is 375 g/mol. The van der Waals surface area contributed by atoms with E-state index in [1.807, 2.05) is 25.3 Å². The number of nitrogens with two attached hydrogens (primary N) is 1. The fourth-order valence-electron chi connectivity index (χ4n) is 4.01. The largest absolute Gasteiger partial charge is 0.352 e. The summed E-state index contributed by atoms with van der Waals surface area (Å²) in [5, 5.41) is 2.67. The number of hydrogen-bond donors (Lipinski definition) is 2. The van der Waals surface area contributed by atoms with E-state index in [-0.39, 0.29) is 16.1 Å². The third-order valence-corrected chi connectivity index (χ3v) is 6.95. The highest BCUT2D eigenvalue weighted by Crippen LogP contribution is 2.41. The van der Waals surface area contributed by atoms with E-state index in [1.165, 1.54) is 23.0 Å². The van der Waals surface area contributed by atoms with Crippen LogP contribution in [0.25, 0.3) is 0 Å². The minimum Gasteiger partial charge on any atom is -0.352 e. The van der Waals surface area contributed by atoms with Crippen molar-refractivity contribution in [2.24, 2.45) is 11.1 Å². The maximum Gasteiger partial charge on any atom is 0.312 e. The molecule has 3 heterocycles. The van der Waals surface area contributed by atoms with Gasteiger partial charge in [0.1, 0.15) is 0 Å². The lowest BCUT2D eigenvalue weighted by atomic mass is 9.81. The second kappa shape index (κ2) is 8.17. The van der Waals surface area contributed by atoms with Crippen LogP contribution in [0, 0.1) is 17.5 Å². The van der Waals surface area contributed by atoms with Gasteiger partial charge in [0.25, 0.3) is 0 Å². The summed E-state index contributed by atoms with van der Waals surface area (Å²) < 4.78 is 13.3. The molecule has 3 rings (SSSR count). The molecular formula is C21H29FN4OS. The van der Waals surface area contributed by atoms with Crippen molar-refractivity contribution in [3.05, 3.63) is 51.7 Å². The van der Waals surface area contributed by atoms with E-state index in [2.05, 4.69) is 35.1 Å². The van der Waals surface area contributed by atoms with Gasteiger partial charge in [0.2, 0.25) is 0 Å². The van der Waals surface area contributed by atoms with Crippen molar-refractivity contribution in [2.75, 3.05) is 19.6 Å². The normalized spacial score (nSPS) is 20.4. The number of pyridine rings is 1. The molecule has 28 heavy (non-hydrogen) atoms. The van der Waals surface area contributed by atoms with Crippen molar-refractivity contribution < 1.29 is 9.18 Å². The van der Waals surface area contributed by atoms with Crippen LogP contribution in [0.2, 0.25) is 0 Å². The lowest BCUT2D eigenvalue weighted by molar-refractivity contribution is 0.127. The molecule has 5 nitrogen and oxygen atoms in total. The second-order valence-electron chi connectivity index (χ2n) is 8.34. The average Bonchev–Trinajstić information content (AvgIpc) is 3.26. The Kier molecular flexibility index (Phi) is 6.05. The predicted molar refractivity (Wildman–Crippen MR) is 111 cm³/mol. The van der Waals surface area contributed by atoms with Gasteiger partial charge in [0, 0.05) is 40.8 Å². The molecule has 0 radical (unpaired) electrons. The lowest BCUT2D eigenvalue weighted by Crippen LogP contribution is -2.45. The van der Waals surface area contributed by atoms with E-state index in [1.54, 1.807) is 0 Å². The van der Waals surface area contributed by atoms with Gasteiger partial charge in [0.15, 0.2) is 5.13 Å². The third-order valence-electron chi connectivity index (χ3n) is 6.01. The summed E-state index contributed by atoms with van der Waals surface area (Å²) >= 11 is 1.20. The van der Waals surface area contributed by atoms with Crippen molar-refractivity contribution in [2.45, 2.75) is 45.6 Å². The fourth-order valence-corrected chi connectivity index (χ4v) is 4.74. The maximum atomic E-state index is 13.3. The first-order valence-electron chi connectivity index (χ1n) is 9.66. The van der Waals surface area contributed by atoms with Crippen LogP contribution in [0.15, 0.2) is 30.5 Å².